The average Bonchev–Trinajstić information content (AvgIpc) is 2.50. The number of hydrogen-bond donors (Lipinski definition) is 3. The van der Waals surface area contributed by atoms with Gasteiger partial charge in [0, 0.05) is 12.6 Å². The summed E-state index contributed by atoms with van der Waals surface area (Å²) in [4.78, 5) is 23.9. The van der Waals surface area contributed by atoms with E-state index < -0.39 is 12.1 Å². The van der Waals surface area contributed by atoms with Gasteiger partial charge < -0.3 is 20.4 Å². The van der Waals surface area contributed by atoms with Crippen LogP contribution >= 0.6 is 0 Å². The van der Waals surface area contributed by atoms with Crippen LogP contribution in [0.2, 0.25) is 0 Å². The third-order valence-electron chi connectivity index (χ3n) is 3.05. The predicted molar refractivity (Wildman–Crippen MR) is 61.7 cm³/mol. The third-order valence-corrected chi connectivity index (χ3v) is 3.05. The number of likely N-dealkylation sites (tertiary alicyclic amines) is 1. The summed E-state index contributed by atoms with van der Waals surface area (Å²) >= 11 is 0. The molecule has 0 aromatic carbocycles. The Morgan fingerprint density at radius 2 is 2.12 bits per heavy atom. The van der Waals surface area contributed by atoms with Gasteiger partial charge in [-0.25, -0.2) is 9.59 Å². The fraction of sp³-hybridized carbons (Fsp3) is 0.818. The zero-order valence-corrected chi connectivity index (χ0v) is 10.1. The number of rotatable bonds is 3. The van der Waals surface area contributed by atoms with Crippen LogP contribution in [0.3, 0.4) is 0 Å². The van der Waals surface area contributed by atoms with E-state index in [4.69, 9.17) is 10.2 Å². The summed E-state index contributed by atoms with van der Waals surface area (Å²) in [6.45, 7) is 2.42. The molecule has 3 N–H and O–H groups in total. The number of nitrogens with one attached hydrogen (secondary N) is 1. The van der Waals surface area contributed by atoms with E-state index >= 15 is 0 Å². The van der Waals surface area contributed by atoms with Crippen molar-refractivity contribution in [1.29, 1.82) is 0 Å². The second kappa shape index (κ2) is 6.44. The molecular formula is C11H20N2O4. The van der Waals surface area contributed by atoms with Crippen molar-refractivity contribution in [2.24, 2.45) is 0 Å². The monoisotopic (exact) mass is 244 g/mol. The first-order valence-electron chi connectivity index (χ1n) is 5.97. The topological polar surface area (TPSA) is 89.9 Å². The number of carboxylic acids is 1. The van der Waals surface area contributed by atoms with Crippen LogP contribution in [0.25, 0.3) is 0 Å². The Bertz CT molecular complexity index is 283. The lowest BCUT2D eigenvalue weighted by Gasteiger charge is -2.27. The highest BCUT2D eigenvalue weighted by molar-refractivity contribution is 5.77. The molecule has 1 rings (SSSR count). The molecule has 1 aliphatic rings. The van der Waals surface area contributed by atoms with Crippen molar-refractivity contribution in [3.63, 3.8) is 0 Å². The van der Waals surface area contributed by atoms with E-state index in [1.54, 1.807) is 4.90 Å². The number of aliphatic hydroxyl groups excluding tert-OH is 1. The summed E-state index contributed by atoms with van der Waals surface area (Å²) < 4.78 is 0. The van der Waals surface area contributed by atoms with Gasteiger partial charge in [-0.05, 0) is 19.8 Å². The van der Waals surface area contributed by atoms with Gasteiger partial charge in [0.25, 0.3) is 0 Å². The van der Waals surface area contributed by atoms with E-state index in [-0.39, 0.29) is 18.6 Å². The number of amides is 2. The molecule has 6 heteroatoms. The van der Waals surface area contributed by atoms with Gasteiger partial charge in [-0.3, -0.25) is 0 Å². The number of aliphatic hydroxyl groups is 1. The third kappa shape index (κ3) is 4.22. The van der Waals surface area contributed by atoms with Crippen molar-refractivity contribution < 1.29 is 19.8 Å². The van der Waals surface area contributed by atoms with Crippen molar-refractivity contribution >= 4 is 12.0 Å². The first kappa shape index (κ1) is 13.8. The largest absolute Gasteiger partial charge is 0.479 e. The molecule has 2 amide bonds. The van der Waals surface area contributed by atoms with Crippen LogP contribution in [0.1, 0.15) is 32.6 Å². The molecule has 6 nitrogen and oxygen atoms in total. The lowest BCUT2D eigenvalue weighted by molar-refractivity contribution is -0.146. The van der Waals surface area contributed by atoms with E-state index in [2.05, 4.69) is 5.32 Å². The Balaban J connectivity index is 2.42. The molecule has 17 heavy (non-hydrogen) atoms. The molecule has 0 bridgehead atoms. The normalized spacial score (nSPS) is 22.7. The molecule has 0 radical (unpaired) electrons. The second-order valence-electron chi connectivity index (χ2n) is 4.43. The van der Waals surface area contributed by atoms with Gasteiger partial charge in [0.1, 0.15) is 0 Å². The first-order chi connectivity index (χ1) is 8.02. The van der Waals surface area contributed by atoms with Crippen molar-refractivity contribution in [3.8, 4) is 0 Å². The predicted octanol–water partition coefficient (Wildman–Crippen LogP) is 0.406. The summed E-state index contributed by atoms with van der Waals surface area (Å²) in [7, 11) is 0. The van der Waals surface area contributed by atoms with Crippen LogP contribution < -0.4 is 5.32 Å². The average molecular weight is 244 g/mol. The molecule has 0 aromatic heterocycles. The molecule has 0 spiro atoms. The molecule has 2 unspecified atom stereocenters. The van der Waals surface area contributed by atoms with Crippen LogP contribution in [0.15, 0.2) is 0 Å². The maximum absolute atomic E-state index is 11.8. The summed E-state index contributed by atoms with van der Waals surface area (Å²) in [6, 6.07) is -0.126. The Labute approximate surface area is 101 Å². The van der Waals surface area contributed by atoms with Gasteiger partial charge in [-0.1, -0.05) is 12.8 Å². The molecule has 0 saturated carbocycles. The minimum absolute atomic E-state index is 0.166. The minimum atomic E-state index is -1.54. The number of carboxylic acid groups (broad SMARTS) is 1. The number of carbonyl (C=O) groups excluding carboxylic acids is 1. The molecule has 1 heterocycles. The van der Waals surface area contributed by atoms with Gasteiger partial charge in [0.2, 0.25) is 0 Å². The number of urea groups is 1. The van der Waals surface area contributed by atoms with Crippen molar-refractivity contribution in [3.05, 3.63) is 0 Å². The maximum atomic E-state index is 11.8. The molecule has 1 aliphatic heterocycles. The van der Waals surface area contributed by atoms with E-state index in [0.29, 0.717) is 6.54 Å². The zero-order valence-electron chi connectivity index (χ0n) is 10.1. The molecule has 0 aromatic rings. The highest BCUT2D eigenvalue weighted by atomic mass is 16.4. The highest BCUT2D eigenvalue weighted by Gasteiger charge is 2.23. The molecule has 0 aliphatic carbocycles. The highest BCUT2D eigenvalue weighted by Crippen LogP contribution is 2.16. The zero-order chi connectivity index (χ0) is 12.8. The van der Waals surface area contributed by atoms with Gasteiger partial charge >= 0.3 is 12.0 Å². The standard InChI is InChI=1S/C11H20N2O4/c1-8-5-3-2-4-6-13(8)11(17)12-7-9(14)10(15)16/h8-9,14H,2-7H2,1H3,(H,12,17)(H,15,16). The van der Waals surface area contributed by atoms with Crippen molar-refractivity contribution in [2.45, 2.75) is 44.8 Å². The fourth-order valence-corrected chi connectivity index (χ4v) is 1.95. The number of hydrogen-bond acceptors (Lipinski definition) is 3. The Morgan fingerprint density at radius 3 is 2.76 bits per heavy atom. The van der Waals surface area contributed by atoms with Crippen molar-refractivity contribution in [1.82, 2.24) is 10.2 Å². The summed E-state index contributed by atoms with van der Waals surface area (Å²) in [6.07, 6.45) is 2.63. The Kier molecular flexibility index (Phi) is 5.21. The number of aliphatic carboxylic acids is 1. The lowest BCUT2D eigenvalue weighted by atomic mass is 10.1. The summed E-state index contributed by atoms with van der Waals surface area (Å²) in [5, 5.41) is 20.0. The van der Waals surface area contributed by atoms with E-state index in [9.17, 15) is 9.59 Å². The van der Waals surface area contributed by atoms with E-state index in [1.807, 2.05) is 6.92 Å². The van der Waals surface area contributed by atoms with Crippen LogP contribution in [0.4, 0.5) is 4.79 Å². The fourth-order valence-electron chi connectivity index (χ4n) is 1.95. The summed E-state index contributed by atoms with van der Waals surface area (Å²) in [5.74, 6) is -1.32. The number of carbonyl (C=O) groups is 2. The second-order valence-corrected chi connectivity index (χ2v) is 4.43. The molecule has 2 atom stereocenters. The van der Waals surface area contributed by atoms with E-state index in [0.717, 1.165) is 25.7 Å². The lowest BCUT2D eigenvalue weighted by Crippen LogP contribution is -2.47. The van der Waals surface area contributed by atoms with Gasteiger partial charge in [-0.2, -0.15) is 0 Å². The molecule has 1 saturated heterocycles. The van der Waals surface area contributed by atoms with Crippen molar-refractivity contribution in [2.75, 3.05) is 13.1 Å². The van der Waals surface area contributed by atoms with Crippen LogP contribution in [-0.4, -0.2) is 52.3 Å². The SMILES string of the molecule is CC1CCCCCN1C(=O)NCC(O)C(=O)O. The molecular weight excluding hydrogens is 224 g/mol. The van der Waals surface area contributed by atoms with Crippen LogP contribution in [-0.2, 0) is 4.79 Å². The van der Waals surface area contributed by atoms with Gasteiger partial charge in [0.05, 0.1) is 6.54 Å². The van der Waals surface area contributed by atoms with Gasteiger partial charge in [0.15, 0.2) is 6.10 Å². The smallest absolute Gasteiger partial charge is 0.334 e. The Hall–Kier alpha value is -1.30. The quantitative estimate of drug-likeness (QED) is 0.670. The van der Waals surface area contributed by atoms with Crippen LogP contribution in [0.5, 0.6) is 0 Å². The van der Waals surface area contributed by atoms with Crippen LogP contribution in [0, 0.1) is 0 Å². The van der Waals surface area contributed by atoms with E-state index in [1.165, 1.54) is 0 Å². The summed E-state index contributed by atoms with van der Waals surface area (Å²) in [5.41, 5.74) is 0. The first-order valence-corrected chi connectivity index (χ1v) is 5.97. The Morgan fingerprint density at radius 1 is 1.41 bits per heavy atom. The molecule has 1 fully saturated rings. The minimum Gasteiger partial charge on any atom is -0.479 e. The van der Waals surface area contributed by atoms with Gasteiger partial charge in [-0.15, -0.1) is 0 Å². The molecule has 98 valence electrons. The number of nitrogens with zero attached hydrogens (tertiary/aromatic N) is 1. The maximum Gasteiger partial charge on any atom is 0.334 e.